The van der Waals surface area contributed by atoms with E-state index in [1.807, 2.05) is 36.4 Å². The normalized spacial score (nSPS) is 11.0. The van der Waals surface area contributed by atoms with Gasteiger partial charge in [-0.1, -0.05) is 43.0 Å². The summed E-state index contributed by atoms with van der Waals surface area (Å²) in [7, 11) is 0. The van der Waals surface area contributed by atoms with E-state index in [4.69, 9.17) is 10.2 Å². The number of hydrogen-bond donors (Lipinski definition) is 2. The minimum absolute atomic E-state index is 0.139. The molecule has 0 saturated carbocycles. The average Bonchev–Trinajstić information content (AvgIpc) is 2.20. The van der Waals surface area contributed by atoms with Crippen molar-refractivity contribution >= 4 is 6.08 Å². The second kappa shape index (κ2) is 7.53. The van der Waals surface area contributed by atoms with E-state index in [1.165, 1.54) is 12.5 Å². The molecule has 0 aliphatic heterocycles. The monoisotopic (exact) mass is 180 g/mol. The van der Waals surface area contributed by atoms with Crippen LogP contribution in [0.15, 0.2) is 36.9 Å². The van der Waals surface area contributed by atoms with Crippen molar-refractivity contribution in [2.24, 2.45) is 0 Å². The zero-order chi connectivity index (χ0) is 10.1. The van der Waals surface area contributed by atoms with Gasteiger partial charge >= 0.3 is 0 Å². The Morgan fingerprint density at radius 1 is 1.38 bits per heavy atom. The van der Waals surface area contributed by atoms with Crippen LogP contribution in [-0.2, 0) is 0 Å². The molecule has 0 aliphatic rings. The highest BCUT2D eigenvalue weighted by Crippen LogP contribution is 1.97. The van der Waals surface area contributed by atoms with E-state index in [1.54, 1.807) is 0 Å². The predicted molar refractivity (Wildman–Crippen MR) is 55.3 cm³/mol. The lowest BCUT2D eigenvalue weighted by atomic mass is 10.2. The molecule has 72 valence electrons. The van der Waals surface area contributed by atoms with E-state index in [2.05, 4.69) is 6.58 Å². The molecule has 1 rings (SSSR count). The van der Waals surface area contributed by atoms with Crippen molar-refractivity contribution in [2.75, 3.05) is 6.61 Å². The van der Waals surface area contributed by atoms with Gasteiger partial charge in [0.25, 0.3) is 0 Å². The summed E-state index contributed by atoms with van der Waals surface area (Å²) in [6.07, 6.45) is 1.27. The Morgan fingerprint density at radius 3 is 2.08 bits per heavy atom. The highest BCUT2D eigenvalue weighted by Gasteiger charge is 1.83. The molecule has 0 spiro atoms. The van der Waals surface area contributed by atoms with Crippen molar-refractivity contribution in [3.63, 3.8) is 0 Å². The molecule has 1 atom stereocenters. The number of benzene rings is 1. The first kappa shape index (κ1) is 11.9. The molecule has 0 aromatic heterocycles. The molecule has 1 unspecified atom stereocenters. The van der Waals surface area contributed by atoms with E-state index in [9.17, 15) is 0 Å². The Balaban J connectivity index is 0.000000252. The maximum absolute atomic E-state index is 8.11. The third kappa shape index (κ3) is 7.25. The van der Waals surface area contributed by atoms with Crippen molar-refractivity contribution < 1.29 is 10.2 Å². The van der Waals surface area contributed by atoms with E-state index >= 15 is 0 Å². The summed E-state index contributed by atoms with van der Waals surface area (Å²) in [4.78, 5) is 0. The first-order chi connectivity index (χ1) is 6.20. The van der Waals surface area contributed by atoms with Crippen molar-refractivity contribution in [1.29, 1.82) is 0 Å². The topological polar surface area (TPSA) is 40.5 Å². The number of rotatable bonds is 2. The number of hydrogen-bond acceptors (Lipinski definition) is 2. The number of aliphatic hydroxyl groups excluding tert-OH is 2. The fourth-order valence-corrected chi connectivity index (χ4v) is 0.589. The molecule has 0 radical (unpaired) electrons. The van der Waals surface area contributed by atoms with Gasteiger partial charge in [-0.05, 0) is 12.5 Å². The number of aliphatic hydroxyl groups is 2. The van der Waals surface area contributed by atoms with Gasteiger partial charge in [0.05, 0.1) is 12.7 Å². The summed E-state index contributed by atoms with van der Waals surface area (Å²) in [5, 5.41) is 16.0. The first-order valence-electron chi connectivity index (χ1n) is 4.17. The zero-order valence-corrected chi connectivity index (χ0v) is 7.85. The Bertz CT molecular complexity index is 217. The molecule has 0 fully saturated rings. The van der Waals surface area contributed by atoms with Crippen LogP contribution in [0, 0.1) is 0 Å². The molecule has 2 heteroatoms. The Labute approximate surface area is 79.2 Å². The van der Waals surface area contributed by atoms with E-state index in [0.717, 1.165) is 0 Å². The zero-order valence-electron chi connectivity index (χ0n) is 7.85. The quantitative estimate of drug-likeness (QED) is 0.727. The summed E-state index contributed by atoms with van der Waals surface area (Å²) in [5.74, 6) is 0. The van der Waals surface area contributed by atoms with Crippen molar-refractivity contribution in [2.45, 2.75) is 13.0 Å². The van der Waals surface area contributed by atoms with Gasteiger partial charge in [0, 0.05) is 0 Å². The SMILES string of the molecule is C=Cc1ccccc1.CC(O)CO. The van der Waals surface area contributed by atoms with Crippen LogP contribution in [0.25, 0.3) is 6.08 Å². The molecule has 2 nitrogen and oxygen atoms in total. The molecule has 1 aromatic rings. The minimum atomic E-state index is -0.560. The maximum atomic E-state index is 8.11. The van der Waals surface area contributed by atoms with E-state index in [0.29, 0.717) is 0 Å². The lowest BCUT2D eigenvalue weighted by Crippen LogP contribution is -2.03. The van der Waals surface area contributed by atoms with E-state index in [-0.39, 0.29) is 6.61 Å². The minimum Gasteiger partial charge on any atom is -0.394 e. The second-order valence-electron chi connectivity index (χ2n) is 2.65. The second-order valence-corrected chi connectivity index (χ2v) is 2.65. The Hall–Kier alpha value is -1.12. The molecule has 0 amide bonds. The van der Waals surface area contributed by atoms with Crippen molar-refractivity contribution in [1.82, 2.24) is 0 Å². The lowest BCUT2D eigenvalue weighted by Gasteiger charge is -1.90. The van der Waals surface area contributed by atoms with Crippen LogP contribution in [0.5, 0.6) is 0 Å². The van der Waals surface area contributed by atoms with Gasteiger partial charge in [-0.3, -0.25) is 0 Å². The molecule has 13 heavy (non-hydrogen) atoms. The summed E-state index contributed by atoms with van der Waals surface area (Å²) in [5.41, 5.74) is 1.17. The Kier molecular flexibility index (Phi) is 6.88. The van der Waals surface area contributed by atoms with Gasteiger partial charge in [-0.2, -0.15) is 0 Å². The van der Waals surface area contributed by atoms with Crippen LogP contribution < -0.4 is 0 Å². The van der Waals surface area contributed by atoms with Gasteiger partial charge in [0.2, 0.25) is 0 Å². The molecule has 1 aromatic carbocycles. The average molecular weight is 180 g/mol. The standard InChI is InChI=1S/C8H8.C3H8O2/c1-2-8-6-4-3-5-7-8;1-3(5)2-4/h2-7H,1H2;3-5H,2H2,1H3. The summed E-state index contributed by atoms with van der Waals surface area (Å²) in [6.45, 7) is 5.02. The Morgan fingerprint density at radius 2 is 1.85 bits per heavy atom. The third-order valence-corrected chi connectivity index (χ3v) is 1.30. The maximum Gasteiger partial charge on any atom is 0.0742 e. The molecule has 0 bridgehead atoms. The van der Waals surface area contributed by atoms with Gasteiger partial charge < -0.3 is 10.2 Å². The van der Waals surface area contributed by atoms with Gasteiger partial charge in [-0.25, -0.2) is 0 Å². The van der Waals surface area contributed by atoms with Crippen LogP contribution >= 0.6 is 0 Å². The van der Waals surface area contributed by atoms with Crippen LogP contribution in [0.4, 0.5) is 0 Å². The van der Waals surface area contributed by atoms with E-state index < -0.39 is 6.10 Å². The largest absolute Gasteiger partial charge is 0.394 e. The fourth-order valence-electron chi connectivity index (χ4n) is 0.589. The summed E-state index contributed by atoms with van der Waals surface area (Å²) in [6, 6.07) is 10.0. The third-order valence-electron chi connectivity index (χ3n) is 1.30. The van der Waals surface area contributed by atoms with Crippen LogP contribution in [0.1, 0.15) is 12.5 Å². The molecular formula is C11H16O2. The van der Waals surface area contributed by atoms with Gasteiger partial charge in [0.1, 0.15) is 0 Å². The van der Waals surface area contributed by atoms with Crippen LogP contribution in [-0.4, -0.2) is 22.9 Å². The van der Waals surface area contributed by atoms with Crippen LogP contribution in [0.3, 0.4) is 0 Å². The van der Waals surface area contributed by atoms with Gasteiger partial charge in [0.15, 0.2) is 0 Å². The molecular weight excluding hydrogens is 164 g/mol. The van der Waals surface area contributed by atoms with Crippen molar-refractivity contribution in [3.8, 4) is 0 Å². The van der Waals surface area contributed by atoms with Gasteiger partial charge in [-0.15, -0.1) is 0 Å². The lowest BCUT2D eigenvalue weighted by molar-refractivity contribution is 0.110. The smallest absolute Gasteiger partial charge is 0.0742 e. The fraction of sp³-hybridized carbons (Fsp3) is 0.273. The molecule has 0 aliphatic carbocycles. The molecule has 2 N–H and O–H groups in total. The predicted octanol–water partition coefficient (Wildman–Crippen LogP) is 1.69. The molecule has 0 saturated heterocycles. The summed E-state index contributed by atoms with van der Waals surface area (Å²) < 4.78 is 0. The summed E-state index contributed by atoms with van der Waals surface area (Å²) >= 11 is 0. The highest BCUT2D eigenvalue weighted by atomic mass is 16.3. The van der Waals surface area contributed by atoms with Crippen LogP contribution in [0.2, 0.25) is 0 Å². The first-order valence-corrected chi connectivity index (χ1v) is 4.17. The molecule has 0 heterocycles. The highest BCUT2D eigenvalue weighted by molar-refractivity contribution is 5.45. The van der Waals surface area contributed by atoms with Crippen molar-refractivity contribution in [3.05, 3.63) is 42.5 Å².